The molecule has 84 valence electrons. The lowest BCUT2D eigenvalue weighted by atomic mass is 10.1. The lowest BCUT2D eigenvalue weighted by molar-refractivity contribution is 0.466. The number of hydrogen-bond acceptors (Lipinski definition) is 2. The molecule has 1 unspecified atom stereocenters. The molecule has 0 radical (unpaired) electrons. The summed E-state index contributed by atoms with van der Waals surface area (Å²) in [5.74, 6) is -0.625. The van der Waals surface area contributed by atoms with Crippen molar-refractivity contribution in [1.29, 1.82) is 0 Å². The topological polar surface area (TPSA) is 54.4 Å². The summed E-state index contributed by atoms with van der Waals surface area (Å²) in [5, 5.41) is -1.03. The smallest absolute Gasteiger partial charge is 0.271 e. The third kappa shape index (κ3) is 3.15. The minimum atomic E-state index is -4.23. The highest BCUT2D eigenvalue weighted by Gasteiger charge is 2.23. The molecule has 0 aliphatic carbocycles. The average molecular weight is 253 g/mol. The van der Waals surface area contributed by atoms with Gasteiger partial charge in [-0.15, -0.1) is 0 Å². The van der Waals surface area contributed by atoms with Crippen LogP contribution in [0.3, 0.4) is 0 Å². The van der Waals surface area contributed by atoms with Crippen molar-refractivity contribution >= 4 is 21.7 Å². The van der Waals surface area contributed by atoms with Crippen molar-refractivity contribution in [1.82, 2.24) is 0 Å². The Labute approximate surface area is 92.6 Å². The molecule has 1 atom stereocenters. The Hall–Kier alpha value is -0.650. The average Bonchev–Trinajstić information content (AvgIpc) is 1.99. The van der Waals surface area contributed by atoms with Gasteiger partial charge in [-0.05, 0) is 30.2 Å². The quantitative estimate of drug-likeness (QED) is 0.842. The van der Waals surface area contributed by atoms with Crippen LogP contribution in [0, 0.1) is 5.82 Å². The summed E-state index contributed by atoms with van der Waals surface area (Å²) in [7, 11) is -4.23. The van der Waals surface area contributed by atoms with E-state index in [2.05, 4.69) is 0 Å². The predicted octanol–water partition coefficient (Wildman–Crippen LogP) is 2.82. The van der Waals surface area contributed by atoms with Crippen LogP contribution in [0.1, 0.15) is 24.2 Å². The standard InChI is InChI=1S/C9H10ClFO3S/c1-2-9(15(12,13)14)6-3-7(10)5-8(11)4-6/h3-5,9H,2H2,1H3,(H,12,13,14). The Morgan fingerprint density at radius 1 is 1.47 bits per heavy atom. The van der Waals surface area contributed by atoms with Crippen LogP contribution >= 0.6 is 11.6 Å². The SMILES string of the molecule is CCC(c1cc(F)cc(Cl)c1)S(=O)(=O)O. The molecule has 0 saturated heterocycles. The molecule has 1 aromatic carbocycles. The summed E-state index contributed by atoms with van der Waals surface area (Å²) >= 11 is 5.58. The van der Waals surface area contributed by atoms with Gasteiger partial charge in [0.05, 0.1) is 0 Å². The molecule has 0 amide bonds. The van der Waals surface area contributed by atoms with Gasteiger partial charge in [0.15, 0.2) is 0 Å². The second kappa shape index (κ2) is 4.47. The van der Waals surface area contributed by atoms with Gasteiger partial charge in [0.2, 0.25) is 0 Å². The molecule has 1 rings (SSSR count). The van der Waals surface area contributed by atoms with E-state index < -0.39 is 21.2 Å². The second-order valence-electron chi connectivity index (χ2n) is 3.11. The number of benzene rings is 1. The fourth-order valence-electron chi connectivity index (χ4n) is 1.38. The van der Waals surface area contributed by atoms with Gasteiger partial charge in [-0.3, -0.25) is 4.55 Å². The van der Waals surface area contributed by atoms with Crippen molar-refractivity contribution in [2.75, 3.05) is 0 Å². The van der Waals surface area contributed by atoms with E-state index in [1.807, 2.05) is 0 Å². The molecular weight excluding hydrogens is 243 g/mol. The summed E-state index contributed by atoms with van der Waals surface area (Å²) in [6.45, 7) is 1.58. The van der Waals surface area contributed by atoms with Gasteiger partial charge in [-0.2, -0.15) is 8.42 Å². The van der Waals surface area contributed by atoms with Crippen LogP contribution in [0.15, 0.2) is 18.2 Å². The van der Waals surface area contributed by atoms with Crippen molar-refractivity contribution in [2.45, 2.75) is 18.6 Å². The summed E-state index contributed by atoms with van der Waals surface area (Å²) in [6, 6.07) is 3.45. The van der Waals surface area contributed by atoms with E-state index in [4.69, 9.17) is 16.2 Å². The number of hydrogen-bond donors (Lipinski definition) is 1. The van der Waals surface area contributed by atoms with Crippen molar-refractivity contribution in [3.63, 3.8) is 0 Å². The van der Waals surface area contributed by atoms with Crippen molar-refractivity contribution < 1.29 is 17.4 Å². The molecule has 0 saturated carbocycles. The lowest BCUT2D eigenvalue weighted by Crippen LogP contribution is -2.11. The lowest BCUT2D eigenvalue weighted by Gasteiger charge is -2.12. The third-order valence-corrected chi connectivity index (χ3v) is 3.53. The van der Waals surface area contributed by atoms with Gasteiger partial charge < -0.3 is 0 Å². The first-order chi connectivity index (χ1) is 6.84. The molecule has 0 aromatic heterocycles. The molecule has 0 fully saturated rings. The first kappa shape index (κ1) is 12.4. The molecule has 3 nitrogen and oxygen atoms in total. The first-order valence-corrected chi connectivity index (χ1v) is 6.15. The summed E-state index contributed by atoms with van der Waals surface area (Å²) in [6.07, 6.45) is 0.151. The Morgan fingerprint density at radius 3 is 2.47 bits per heavy atom. The largest absolute Gasteiger partial charge is 0.285 e. The molecule has 1 N–H and O–H groups in total. The maximum atomic E-state index is 13.0. The van der Waals surface area contributed by atoms with Crippen LogP contribution in [0.2, 0.25) is 5.02 Å². The van der Waals surface area contributed by atoms with Crippen LogP contribution in [0.25, 0.3) is 0 Å². The molecule has 0 spiro atoms. The van der Waals surface area contributed by atoms with Gasteiger partial charge in [-0.25, -0.2) is 4.39 Å². The normalized spacial score (nSPS) is 13.9. The molecule has 15 heavy (non-hydrogen) atoms. The fraction of sp³-hybridized carbons (Fsp3) is 0.333. The van der Waals surface area contributed by atoms with E-state index in [0.29, 0.717) is 0 Å². The van der Waals surface area contributed by atoms with E-state index >= 15 is 0 Å². The van der Waals surface area contributed by atoms with Crippen molar-refractivity contribution in [3.8, 4) is 0 Å². The van der Waals surface area contributed by atoms with Gasteiger partial charge in [0.1, 0.15) is 11.1 Å². The highest BCUT2D eigenvalue weighted by atomic mass is 35.5. The maximum Gasteiger partial charge on any atom is 0.271 e. The van der Waals surface area contributed by atoms with E-state index in [9.17, 15) is 12.8 Å². The van der Waals surface area contributed by atoms with Gasteiger partial charge in [0, 0.05) is 5.02 Å². The Bertz CT molecular complexity index is 438. The zero-order valence-electron chi connectivity index (χ0n) is 7.94. The summed E-state index contributed by atoms with van der Waals surface area (Å²) in [4.78, 5) is 0. The zero-order chi connectivity index (χ0) is 11.6. The van der Waals surface area contributed by atoms with Gasteiger partial charge >= 0.3 is 0 Å². The molecule has 0 aliphatic rings. The molecular formula is C9H10ClFO3S. The molecule has 0 bridgehead atoms. The Balaban J connectivity index is 3.25. The molecule has 6 heteroatoms. The molecule has 0 heterocycles. The summed E-state index contributed by atoms with van der Waals surface area (Å²) < 4.78 is 43.8. The van der Waals surface area contributed by atoms with Gasteiger partial charge in [0.25, 0.3) is 10.1 Å². The summed E-state index contributed by atoms with van der Waals surface area (Å²) in [5.41, 5.74) is 0.157. The molecule has 1 aromatic rings. The van der Waals surface area contributed by atoms with Crippen LogP contribution in [0.4, 0.5) is 4.39 Å². The number of rotatable bonds is 3. The number of halogens is 2. The molecule has 0 aliphatic heterocycles. The van der Waals surface area contributed by atoms with Gasteiger partial charge in [-0.1, -0.05) is 18.5 Å². The first-order valence-electron chi connectivity index (χ1n) is 4.27. The minimum Gasteiger partial charge on any atom is -0.285 e. The maximum absolute atomic E-state index is 13.0. The zero-order valence-corrected chi connectivity index (χ0v) is 9.52. The van der Waals surface area contributed by atoms with Crippen LogP contribution < -0.4 is 0 Å². The Morgan fingerprint density at radius 2 is 2.07 bits per heavy atom. The second-order valence-corrected chi connectivity index (χ2v) is 5.15. The minimum absolute atomic E-state index is 0.104. The van der Waals surface area contributed by atoms with E-state index in [1.165, 1.54) is 6.07 Å². The Kier molecular flexibility index (Phi) is 3.70. The van der Waals surface area contributed by atoms with E-state index in [0.717, 1.165) is 12.1 Å². The fourth-order valence-corrected chi connectivity index (χ4v) is 2.51. The third-order valence-electron chi connectivity index (χ3n) is 1.99. The highest BCUT2D eigenvalue weighted by Crippen LogP contribution is 2.27. The van der Waals surface area contributed by atoms with Crippen LogP contribution in [0.5, 0.6) is 0 Å². The van der Waals surface area contributed by atoms with Crippen molar-refractivity contribution in [2.24, 2.45) is 0 Å². The van der Waals surface area contributed by atoms with Crippen LogP contribution in [-0.2, 0) is 10.1 Å². The monoisotopic (exact) mass is 252 g/mol. The van der Waals surface area contributed by atoms with Crippen LogP contribution in [-0.4, -0.2) is 13.0 Å². The predicted molar refractivity (Wildman–Crippen MR) is 56.0 cm³/mol. The van der Waals surface area contributed by atoms with Crippen molar-refractivity contribution in [3.05, 3.63) is 34.6 Å². The highest BCUT2D eigenvalue weighted by molar-refractivity contribution is 7.86. The van der Waals surface area contributed by atoms with E-state index in [-0.39, 0.29) is 17.0 Å². The van der Waals surface area contributed by atoms with E-state index in [1.54, 1.807) is 6.92 Å².